The first-order chi connectivity index (χ1) is 11.3. The fraction of sp³-hybridized carbons (Fsp3) is 0.579. The molecule has 1 aromatic carbocycles. The van der Waals surface area contributed by atoms with Crippen molar-refractivity contribution in [1.29, 1.82) is 0 Å². The van der Waals surface area contributed by atoms with Gasteiger partial charge >= 0.3 is 0 Å². The smallest absolute Gasteiger partial charge is 0.253 e. The average molecular weight is 332 g/mol. The predicted molar refractivity (Wildman–Crippen MR) is 95.2 cm³/mol. The Labute approximate surface area is 144 Å². The Morgan fingerprint density at radius 1 is 1.29 bits per heavy atom. The third-order valence-corrected chi connectivity index (χ3v) is 5.04. The Kier molecular flexibility index (Phi) is 5.65. The van der Waals surface area contributed by atoms with Crippen molar-refractivity contribution in [2.75, 3.05) is 18.6 Å². The van der Waals surface area contributed by atoms with Crippen LogP contribution in [0.5, 0.6) is 0 Å². The van der Waals surface area contributed by atoms with Crippen LogP contribution in [0.15, 0.2) is 24.3 Å². The molecule has 1 aliphatic carbocycles. The first-order valence-corrected chi connectivity index (χ1v) is 8.60. The van der Waals surface area contributed by atoms with Gasteiger partial charge in [0.2, 0.25) is 5.91 Å². The largest absolute Gasteiger partial charge is 0.378 e. The summed E-state index contributed by atoms with van der Waals surface area (Å²) >= 11 is 0. The summed E-state index contributed by atoms with van der Waals surface area (Å²) in [6, 6.07) is 7.29. The van der Waals surface area contributed by atoms with E-state index in [1.54, 1.807) is 24.1 Å². The Morgan fingerprint density at radius 2 is 1.96 bits per heavy atom. The van der Waals surface area contributed by atoms with Gasteiger partial charge in [0.15, 0.2) is 0 Å². The van der Waals surface area contributed by atoms with Crippen LogP contribution in [0.3, 0.4) is 0 Å². The minimum Gasteiger partial charge on any atom is -0.378 e. The van der Waals surface area contributed by atoms with E-state index in [4.69, 9.17) is 4.74 Å². The van der Waals surface area contributed by atoms with Gasteiger partial charge in [0.25, 0.3) is 5.91 Å². The van der Waals surface area contributed by atoms with Gasteiger partial charge in [0.05, 0.1) is 17.4 Å². The number of benzene rings is 1. The van der Waals surface area contributed by atoms with E-state index in [-0.39, 0.29) is 29.4 Å². The van der Waals surface area contributed by atoms with Crippen LogP contribution < -0.4 is 10.2 Å². The number of anilines is 1. The molecule has 1 N–H and O–H groups in total. The van der Waals surface area contributed by atoms with Gasteiger partial charge in [-0.05, 0) is 25.5 Å². The molecule has 1 fully saturated rings. The van der Waals surface area contributed by atoms with E-state index in [9.17, 15) is 9.59 Å². The lowest BCUT2D eigenvalue weighted by Gasteiger charge is -2.51. The monoisotopic (exact) mass is 332 g/mol. The molecule has 0 radical (unpaired) electrons. The lowest BCUT2D eigenvalue weighted by Crippen LogP contribution is -2.62. The minimum atomic E-state index is -0.144. The summed E-state index contributed by atoms with van der Waals surface area (Å²) in [5, 5.41) is 3.11. The Morgan fingerprint density at radius 3 is 2.54 bits per heavy atom. The van der Waals surface area contributed by atoms with Crippen LogP contribution in [0.25, 0.3) is 0 Å². The molecular weight excluding hydrogens is 304 g/mol. The van der Waals surface area contributed by atoms with Gasteiger partial charge in [-0.15, -0.1) is 0 Å². The molecule has 1 aromatic rings. The summed E-state index contributed by atoms with van der Waals surface area (Å²) < 4.78 is 5.71. The molecule has 132 valence electrons. The Balaban J connectivity index is 2.13. The number of carbonyl (C=O) groups is 2. The van der Waals surface area contributed by atoms with Gasteiger partial charge < -0.3 is 15.0 Å². The molecule has 0 bridgehead atoms. The molecule has 0 spiro atoms. The van der Waals surface area contributed by atoms with Gasteiger partial charge in [-0.3, -0.25) is 9.59 Å². The molecule has 1 saturated carbocycles. The number of amides is 2. The topological polar surface area (TPSA) is 58.6 Å². The number of hydrogen-bond acceptors (Lipinski definition) is 3. The second-order valence-corrected chi connectivity index (χ2v) is 6.85. The van der Waals surface area contributed by atoms with Crippen LogP contribution in [0.1, 0.15) is 50.9 Å². The average Bonchev–Trinajstić information content (AvgIpc) is 2.59. The zero-order valence-corrected chi connectivity index (χ0v) is 15.3. The highest BCUT2D eigenvalue weighted by Gasteiger charge is 2.49. The number of rotatable bonds is 6. The summed E-state index contributed by atoms with van der Waals surface area (Å²) in [5.74, 6) is -0.162. The van der Waals surface area contributed by atoms with Crippen molar-refractivity contribution >= 4 is 17.5 Å². The van der Waals surface area contributed by atoms with Gasteiger partial charge in [0.1, 0.15) is 0 Å². The Bertz CT molecular complexity index is 612. The second kappa shape index (κ2) is 7.34. The first-order valence-electron chi connectivity index (χ1n) is 8.60. The summed E-state index contributed by atoms with van der Waals surface area (Å²) in [6.07, 6.45) is 1.39. The number of carbonyl (C=O) groups excluding carboxylic acids is 2. The lowest BCUT2D eigenvalue weighted by atomic mass is 9.64. The van der Waals surface area contributed by atoms with Crippen LogP contribution >= 0.6 is 0 Å². The molecular formula is C19H28N2O3. The highest BCUT2D eigenvalue weighted by atomic mass is 16.5. The van der Waals surface area contributed by atoms with Crippen LogP contribution in [-0.2, 0) is 9.53 Å². The molecule has 1 aliphatic rings. The highest BCUT2D eigenvalue weighted by molar-refractivity contribution is 6.04. The van der Waals surface area contributed by atoms with Crippen LogP contribution in [0, 0.1) is 5.41 Å². The molecule has 2 rings (SSSR count). The van der Waals surface area contributed by atoms with Gasteiger partial charge in [-0.25, -0.2) is 0 Å². The van der Waals surface area contributed by atoms with Crippen LogP contribution in [0.2, 0.25) is 0 Å². The third-order valence-electron chi connectivity index (χ3n) is 5.04. The molecule has 0 saturated heterocycles. The van der Waals surface area contributed by atoms with E-state index >= 15 is 0 Å². The fourth-order valence-electron chi connectivity index (χ4n) is 3.18. The standard InChI is InChI=1S/C19H28N2O3/c1-6-17(22)21(5)14-11-9-8-10-13(14)18(23)20-15-12-16(24-7-2)19(15,3)4/h8-11,15-16H,6-7,12H2,1-5H3,(H,20,23)/t15-,16+/m0/s1. The molecule has 0 unspecified atom stereocenters. The second-order valence-electron chi connectivity index (χ2n) is 6.85. The SMILES string of the molecule is CCO[C@@H]1C[C@H](NC(=O)c2ccccc2N(C)C(=O)CC)C1(C)C. The maximum absolute atomic E-state index is 12.7. The number of para-hydroxylation sites is 1. The van der Waals surface area contributed by atoms with E-state index in [1.807, 2.05) is 26.0 Å². The van der Waals surface area contributed by atoms with Crippen molar-refractivity contribution in [3.8, 4) is 0 Å². The normalized spacial score (nSPS) is 21.7. The van der Waals surface area contributed by atoms with E-state index in [0.717, 1.165) is 6.42 Å². The van der Waals surface area contributed by atoms with Gasteiger partial charge in [-0.2, -0.15) is 0 Å². The van der Waals surface area contributed by atoms with Crippen molar-refractivity contribution < 1.29 is 14.3 Å². The van der Waals surface area contributed by atoms with Crippen molar-refractivity contribution in [3.05, 3.63) is 29.8 Å². The number of nitrogens with one attached hydrogen (secondary N) is 1. The summed E-state index contributed by atoms with van der Waals surface area (Å²) in [5.41, 5.74) is 1.07. The van der Waals surface area contributed by atoms with Crippen molar-refractivity contribution in [2.45, 2.75) is 52.7 Å². The zero-order chi connectivity index (χ0) is 17.9. The van der Waals surface area contributed by atoms with Crippen molar-refractivity contribution in [3.63, 3.8) is 0 Å². The fourth-order valence-corrected chi connectivity index (χ4v) is 3.18. The van der Waals surface area contributed by atoms with Crippen molar-refractivity contribution in [2.24, 2.45) is 5.41 Å². The summed E-state index contributed by atoms with van der Waals surface area (Å²) in [4.78, 5) is 26.3. The van der Waals surface area contributed by atoms with E-state index < -0.39 is 0 Å². The van der Waals surface area contributed by atoms with E-state index in [0.29, 0.717) is 24.3 Å². The number of ether oxygens (including phenoxy) is 1. The quantitative estimate of drug-likeness (QED) is 0.871. The molecule has 24 heavy (non-hydrogen) atoms. The van der Waals surface area contributed by atoms with Crippen LogP contribution in [-0.4, -0.2) is 37.6 Å². The van der Waals surface area contributed by atoms with Crippen molar-refractivity contribution in [1.82, 2.24) is 5.32 Å². The maximum atomic E-state index is 12.7. The highest BCUT2D eigenvalue weighted by Crippen LogP contribution is 2.43. The zero-order valence-electron chi connectivity index (χ0n) is 15.3. The molecule has 5 heteroatoms. The number of hydrogen-bond donors (Lipinski definition) is 1. The molecule has 5 nitrogen and oxygen atoms in total. The molecule has 0 aromatic heterocycles. The first kappa shape index (κ1) is 18.5. The molecule has 0 aliphatic heterocycles. The van der Waals surface area contributed by atoms with E-state index in [1.165, 1.54) is 0 Å². The van der Waals surface area contributed by atoms with Gasteiger partial charge in [0, 0.05) is 31.5 Å². The molecule has 2 atom stereocenters. The maximum Gasteiger partial charge on any atom is 0.253 e. The summed E-state index contributed by atoms with van der Waals surface area (Å²) in [7, 11) is 1.70. The number of nitrogens with zero attached hydrogens (tertiary/aromatic N) is 1. The minimum absolute atomic E-state index is 0.0179. The van der Waals surface area contributed by atoms with Crippen LogP contribution in [0.4, 0.5) is 5.69 Å². The molecule has 0 heterocycles. The Hall–Kier alpha value is -1.88. The van der Waals surface area contributed by atoms with Gasteiger partial charge in [-0.1, -0.05) is 32.9 Å². The predicted octanol–water partition coefficient (Wildman–Crippen LogP) is 2.99. The lowest BCUT2D eigenvalue weighted by molar-refractivity contribution is -0.118. The summed E-state index contributed by atoms with van der Waals surface area (Å²) in [6.45, 7) is 8.70. The van der Waals surface area contributed by atoms with E-state index in [2.05, 4.69) is 19.2 Å². The molecule has 2 amide bonds. The third kappa shape index (κ3) is 3.46.